The van der Waals surface area contributed by atoms with Gasteiger partial charge in [-0.1, -0.05) is 41.6 Å². The molecule has 0 atom stereocenters. The summed E-state index contributed by atoms with van der Waals surface area (Å²) in [6.45, 7) is 3.13. The molecule has 1 saturated heterocycles. The zero-order chi connectivity index (χ0) is 24.1. The second-order valence-corrected chi connectivity index (χ2v) is 9.61. The monoisotopic (exact) mass is 488 g/mol. The van der Waals surface area contributed by atoms with Crippen LogP contribution >= 0.6 is 0 Å². The van der Waals surface area contributed by atoms with Crippen molar-refractivity contribution in [1.82, 2.24) is 24.6 Å². The lowest BCUT2D eigenvalue weighted by Gasteiger charge is -2.27. The summed E-state index contributed by atoms with van der Waals surface area (Å²) >= 11 is 0. The molecule has 0 unspecified atom stereocenters. The first kappa shape index (κ1) is 23.8. The molecule has 0 radical (unpaired) electrons. The number of morpholine rings is 1. The maximum absolute atomic E-state index is 13.9. The Bertz CT molecular complexity index is 1270. The highest BCUT2D eigenvalue weighted by atomic mass is 32.2. The second kappa shape index (κ2) is 10.3. The number of hydrogen-bond acceptors (Lipinski definition) is 6. The van der Waals surface area contributed by atoms with Gasteiger partial charge in [0.2, 0.25) is 10.0 Å². The van der Waals surface area contributed by atoms with Crippen LogP contribution in [0.2, 0.25) is 0 Å². The Morgan fingerprint density at radius 2 is 1.76 bits per heavy atom. The third-order valence-electron chi connectivity index (χ3n) is 5.49. The van der Waals surface area contributed by atoms with Gasteiger partial charge in [-0.05, 0) is 24.6 Å². The Labute approximate surface area is 196 Å². The molecular formula is C22H25FN6O4S. The topological polar surface area (TPSA) is 118 Å². The van der Waals surface area contributed by atoms with E-state index in [0.717, 1.165) is 0 Å². The van der Waals surface area contributed by atoms with E-state index in [1.165, 1.54) is 21.1 Å². The second-order valence-electron chi connectivity index (χ2n) is 7.70. The maximum Gasteiger partial charge on any atom is 0.320 e. The van der Waals surface area contributed by atoms with E-state index in [0.29, 0.717) is 30.0 Å². The van der Waals surface area contributed by atoms with Gasteiger partial charge in [-0.3, -0.25) is 5.32 Å². The number of urea groups is 1. The number of nitrogens with zero attached hydrogens (tertiary/aromatic N) is 4. The molecule has 4 rings (SSSR count). The van der Waals surface area contributed by atoms with Gasteiger partial charge in [-0.25, -0.2) is 22.3 Å². The number of halogens is 1. The minimum Gasteiger partial charge on any atom is -0.379 e. The van der Waals surface area contributed by atoms with Crippen molar-refractivity contribution in [3.8, 4) is 0 Å². The first-order chi connectivity index (χ1) is 16.4. The van der Waals surface area contributed by atoms with Crippen LogP contribution in [-0.2, 0) is 27.8 Å². The average molecular weight is 489 g/mol. The summed E-state index contributed by atoms with van der Waals surface area (Å²) in [7, 11) is -3.71. The van der Waals surface area contributed by atoms with Crippen LogP contribution in [0.5, 0.6) is 0 Å². The highest BCUT2D eigenvalue weighted by Crippen LogP contribution is 2.21. The van der Waals surface area contributed by atoms with Gasteiger partial charge in [-0.2, -0.15) is 4.31 Å². The molecule has 0 saturated carbocycles. The number of carbonyl (C=O) groups is 1. The summed E-state index contributed by atoms with van der Waals surface area (Å²) in [6, 6.07) is 12.3. The van der Waals surface area contributed by atoms with Gasteiger partial charge in [0.15, 0.2) is 5.82 Å². The molecule has 34 heavy (non-hydrogen) atoms. The summed E-state index contributed by atoms with van der Waals surface area (Å²) in [5, 5.41) is 13.2. The molecule has 12 heteroatoms. The first-order valence-corrected chi connectivity index (χ1v) is 12.1. The Hall–Kier alpha value is -3.35. The van der Waals surface area contributed by atoms with Gasteiger partial charge in [0, 0.05) is 25.2 Å². The zero-order valence-electron chi connectivity index (χ0n) is 18.6. The molecule has 2 heterocycles. The lowest BCUT2D eigenvalue weighted by Crippen LogP contribution is -2.41. The van der Waals surface area contributed by atoms with Crippen LogP contribution in [-0.4, -0.2) is 60.1 Å². The lowest BCUT2D eigenvalue weighted by atomic mass is 10.2. The van der Waals surface area contributed by atoms with Crippen LogP contribution in [0.15, 0.2) is 53.4 Å². The summed E-state index contributed by atoms with van der Waals surface area (Å²) in [6.07, 6.45) is 0. The third-order valence-corrected chi connectivity index (χ3v) is 7.49. The smallest absolute Gasteiger partial charge is 0.320 e. The van der Waals surface area contributed by atoms with Crippen LogP contribution in [0, 0.1) is 12.7 Å². The summed E-state index contributed by atoms with van der Waals surface area (Å²) in [4.78, 5) is 12.6. The standard InChI is InChI=1S/C22H25FN6O4S/c1-16-21(26-27-29(16)15-18-7-2-4-8-19(18)23)25-22(30)24-14-17-6-3-5-9-20(17)34(31,32)28-10-12-33-13-11-28/h2-9H,10-15H2,1H3,(H2,24,25,30). The quantitative estimate of drug-likeness (QED) is 0.526. The van der Waals surface area contributed by atoms with E-state index in [4.69, 9.17) is 4.74 Å². The fourth-order valence-corrected chi connectivity index (χ4v) is 5.20. The van der Waals surface area contributed by atoms with Crippen molar-refractivity contribution in [1.29, 1.82) is 0 Å². The van der Waals surface area contributed by atoms with E-state index in [-0.39, 0.29) is 42.7 Å². The number of hydrogen-bond donors (Lipinski definition) is 2. The number of carbonyl (C=O) groups excluding carboxylic acids is 1. The van der Waals surface area contributed by atoms with Gasteiger partial charge in [0.25, 0.3) is 0 Å². The van der Waals surface area contributed by atoms with Gasteiger partial charge >= 0.3 is 6.03 Å². The molecular weight excluding hydrogens is 463 g/mol. The summed E-state index contributed by atoms with van der Waals surface area (Å²) < 4.78 is 48.2. The lowest BCUT2D eigenvalue weighted by molar-refractivity contribution is 0.0730. The minimum absolute atomic E-state index is 0.00596. The van der Waals surface area contributed by atoms with Crippen LogP contribution in [0.1, 0.15) is 16.8 Å². The largest absolute Gasteiger partial charge is 0.379 e. The Morgan fingerprint density at radius 1 is 1.09 bits per heavy atom. The van der Waals surface area contributed by atoms with Gasteiger partial charge < -0.3 is 10.1 Å². The predicted octanol–water partition coefficient (Wildman–Crippen LogP) is 2.12. The van der Waals surface area contributed by atoms with Crippen molar-refractivity contribution < 1.29 is 22.3 Å². The van der Waals surface area contributed by atoms with Crippen molar-refractivity contribution in [3.63, 3.8) is 0 Å². The van der Waals surface area contributed by atoms with E-state index in [1.807, 2.05) is 0 Å². The van der Waals surface area contributed by atoms with E-state index >= 15 is 0 Å². The number of rotatable bonds is 7. The summed E-state index contributed by atoms with van der Waals surface area (Å²) in [5.41, 5.74) is 1.46. The fraction of sp³-hybridized carbons (Fsp3) is 0.318. The van der Waals surface area contributed by atoms with Gasteiger partial charge in [0.1, 0.15) is 5.82 Å². The van der Waals surface area contributed by atoms with E-state index < -0.39 is 16.1 Å². The first-order valence-electron chi connectivity index (χ1n) is 10.7. The molecule has 10 nitrogen and oxygen atoms in total. The van der Waals surface area contributed by atoms with E-state index in [2.05, 4.69) is 20.9 Å². The van der Waals surface area contributed by atoms with Gasteiger partial charge in [-0.15, -0.1) is 5.10 Å². The van der Waals surface area contributed by atoms with Crippen LogP contribution in [0.25, 0.3) is 0 Å². The normalized spacial score (nSPS) is 14.6. The van der Waals surface area contributed by atoms with Crippen LogP contribution in [0.4, 0.5) is 15.0 Å². The molecule has 1 fully saturated rings. The number of sulfonamides is 1. The molecule has 0 aliphatic carbocycles. The number of amides is 2. The molecule has 0 bridgehead atoms. The number of benzene rings is 2. The highest BCUT2D eigenvalue weighted by Gasteiger charge is 2.28. The molecule has 0 spiro atoms. The molecule has 2 amide bonds. The van der Waals surface area contributed by atoms with Crippen LogP contribution in [0.3, 0.4) is 0 Å². The maximum atomic E-state index is 13.9. The van der Waals surface area contributed by atoms with E-state index in [1.54, 1.807) is 43.3 Å². The van der Waals surface area contributed by atoms with Crippen molar-refractivity contribution in [2.75, 3.05) is 31.6 Å². The van der Waals surface area contributed by atoms with Gasteiger partial charge in [0.05, 0.1) is 30.3 Å². The molecule has 1 aliphatic heterocycles. The van der Waals surface area contributed by atoms with Crippen LogP contribution < -0.4 is 10.6 Å². The van der Waals surface area contributed by atoms with Crippen molar-refractivity contribution in [2.45, 2.75) is 24.9 Å². The molecule has 2 N–H and O–H groups in total. The predicted molar refractivity (Wildman–Crippen MR) is 122 cm³/mol. The zero-order valence-corrected chi connectivity index (χ0v) is 19.4. The van der Waals surface area contributed by atoms with E-state index in [9.17, 15) is 17.6 Å². The van der Waals surface area contributed by atoms with Crippen molar-refractivity contribution in [2.24, 2.45) is 0 Å². The molecule has 1 aliphatic rings. The number of aromatic nitrogens is 3. The fourth-order valence-electron chi connectivity index (χ4n) is 3.57. The molecule has 3 aromatic rings. The highest BCUT2D eigenvalue weighted by molar-refractivity contribution is 7.89. The molecule has 2 aromatic carbocycles. The minimum atomic E-state index is -3.71. The Balaban J connectivity index is 1.41. The number of anilines is 1. The van der Waals surface area contributed by atoms with Crippen molar-refractivity contribution in [3.05, 3.63) is 71.2 Å². The molecule has 1 aromatic heterocycles. The Kier molecular flexibility index (Phi) is 7.20. The average Bonchev–Trinajstić information content (AvgIpc) is 3.18. The number of nitrogens with one attached hydrogen (secondary N) is 2. The molecule has 180 valence electrons. The summed E-state index contributed by atoms with van der Waals surface area (Å²) in [5.74, 6) is -0.126. The SMILES string of the molecule is Cc1c(NC(=O)NCc2ccccc2S(=O)(=O)N2CCOCC2)nnn1Cc1ccccc1F. The Morgan fingerprint density at radius 3 is 2.50 bits per heavy atom. The van der Waals surface area contributed by atoms with Crippen molar-refractivity contribution >= 4 is 21.9 Å². The third kappa shape index (κ3) is 5.24. The number of ether oxygens (including phenoxy) is 1.